The van der Waals surface area contributed by atoms with Gasteiger partial charge in [-0.2, -0.15) is 0 Å². The third-order valence-corrected chi connectivity index (χ3v) is 3.72. The molecule has 0 radical (unpaired) electrons. The van der Waals surface area contributed by atoms with Gasteiger partial charge in [0.1, 0.15) is 0 Å². The summed E-state index contributed by atoms with van der Waals surface area (Å²) < 4.78 is 2.13. The second-order valence-corrected chi connectivity index (χ2v) is 6.94. The molecule has 0 fully saturated rings. The lowest BCUT2D eigenvalue weighted by Crippen LogP contribution is -2.23. The van der Waals surface area contributed by atoms with Crippen LogP contribution in [0.1, 0.15) is 38.8 Å². The van der Waals surface area contributed by atoms with E-state index in [1.54, 1.807) is 0 Å². The molecule has 21 heavy (non-hydrogen) atoms. The van der Waals surface area contributed by atoms with E-state index >= 15 is 0 Å². The average molecular weight is 285 g/mol. The van der Waals surface area contributed by atoms with Crippen molar-refractivity contribution in [1.29, 1.82) is 0 Å². The van der Waals surface area contributed by atoms with Crippen molar-refractivity contribution in [2.45, 2.75) is 46.2 Å². The van der Waals surface area contributed by atoms with Gasteiger partial charge < -0.3 is 9.88 Å². The fourth-order valence-corrected chi connectivity index (χ4v) is 2.40. The van der Waals surface area contributed by atoms with Crippen molar-refractivity contribution in [1.82, 2.24) is 14.9 Å². The Kier molecular flexibility index (Phi) is 5.18. The third-order valence-electron chi connectivity index (χ3n) is 3.72. The summed E-state index contributed by atoms with van der Waals surface area (Å²) in [6.45, 7) is 12.0. The topological polar surface area (TPSA) is 29.9 Å². The summed E-state index contributed by atoms with van der Waals surface area (Å²) in [5, 5.41) is 3.54. The number of imidazole rings is 1. The van der Waals surface area contributed by atoms with E-state index in [0.717, 1.165) is 19.6 Å². The summed E-state index contributed by atoms with van der Waals surface area (Å²) in [5.74, 6) is 0.591. The number of hydrogen-bond acceptors (Lipinski definition) is 2. The minimum absolute atomic E-state index is 0.227. The van der Waals surface area contributed by atoms with Crippen LogP contribution in [0.25, 0.3) is 0 Å². The molecule has 1 unspecified atom stereocenters. The van der Waals surface area contributed by atoms with Crippen molar-refractivity contribution in [3.63, 3.8) is 0 Å². The Bertz CT molecular complexity index is 521. The summed E-state index contributed by atoms with van der Waals surface area (Å²) in [6.07, 6.45) is 5.72. The maximum absolute atomic E-state index is 4.07. The molecule has 0 bridgehead atoms. The first-order chi connectivity index (χ1) is 9.95. The zero-order chi connectivity index (χ0) is 15.3. The molecule has 2 aromatic rings. The van der Waals surface area contributed by atoms with Crippen molar-refractivity contribution >= 4 is 0 Å². The highest BCUT2D eigenvalue weighted by atomic mass is 15.0. The van der Waals surface area contributed by atoms with Gasteiger partial charge in [0.25, 0.3) is 0 Å². The molecule has 0 saturated heterocycles. The molecule has 2 rings (SSSR count). The van der Waals surface area contributed by atoms with Gasteiger partial charge in [-0.15, -0.1) is 0 Å². The highest BCUT2D eigenvalue weighted by Gasteiger charge is 2.12. The molecule has 0 spiro atoms. The highest BCUT2D eigenvalue weighted by Crippen LogP contribution is 2.22. The van der Waals surface area contributed by atoms with Crippen molar-refractivity contribution < 1.29 is 0 Å². The number of nitrogens with zero attached hydrogens (tertiary/aromatic N) is 2. The SMILES string of the molecule is CC(CNCc1ccc(C(C)(C)C)cc1)Cn1ccnc1. The predicted octanol–water partition coefficient (Wildman–Crippen LogP) is 3.61. The number of hydrogen-bond donors (Lipinski definition) is 1. The van der Waals surface area contributed by atoms with Crippen LogP contribution >= 0.6 is 0 Å². The first kappa shape index (κ1) is 15.8. The Morgan fingerprint density at radius 1 is 1.19 bits per heavy atom. The summed E-state index contributed by atoms with van der Waals surface area (Å²) >= 11 is 0. The second kappa shape index (κ2) is 6.90. The molecule has 0 aliphatic carbocycles. The fourth-order valence-electron chi connectivity index (χ4n) is 2.40. The van der Waals surface area contributed by atoms with E-state index < -0.39 is 0 Å². The van der Waals surface area contributed by atoms with Gasteiger partial charge in [-0.25, -0.2) is 4.98 Å². The zero-order valence-corrected chi connectivity index (χ0v) is 13.6. The van der Waals surface area contributed by atoms with Crippen LogP contribution in [0, 0.1) is 5.92 Å². The van der Waals surface area contributed by atoms with Crippen LogP contribution < -0.4 is 5.32 Å². The van der Waals surface area contributed by atoms with E-state index in [1.165, 1.54) is 11.1 Å². The van der Waals surface area contributed by atoms with Gasteiger partial charge in [0.05, 0.1) is 6.33 Å². The Morgan fingerprint density at radius 3 is 2.48 bits per heavy atom. The molecule has 0 aliphatic rings. The monoisotopic (exact) mass is 285 g/mol. The maximum atomic E-state index is 4.07. The van der Waals surface area contributed by atoms with Gasteiger partial charge in [-0.1, -0.05) is 52.0 Å². The third kappa shape index (κ3) is 5.01. The van der Waals surface area contributed by atoms with Crippen LogP contribution in [0.15, 0.2) is 43.0 Å². The largest absolute Gasteiger partial charge is 0.337 e. The summed E-state index contributed by atoms with van der Waals surface area (Å²) in [4.78, 5) is 4.07. The van der Waals surface area contributed by atoms with Crippen LogP contribution in [0.2, 0.25) is 0 Å². The summed E-state index contributed by atoms with van der Waals surface area (Å²) in [6, 6.07) is 8.94. The molecule has 1 N–H and O–H groups in total. The van der Waals surface area contributed by atoms with Gasteiger partial charge >= 0.3 is 0 Å². The Balaban J connectivity index is 1.75. The van der Waals surface area contributed by atoms with Crippen molar-refractivity contribution in [2.24, 2.45) is 5.92 Å². The lowest BCUT2D eigenvalue weighted by Gasteiger charge is -2.19. The molecule has 1 heterocycles. The molecule has 1 aromatic carbocycles. The minimum atomic E-state index is 0.227. The van der Waals surface area contributed by atoms with Crippen LogP contribution in [0.5, 0.6) is 0 Å². The van der Waals surface area contributed by atoms with Crippen LogP contribution in [0.3, 0.4) is 0 Å². The number of nitrogens with one attached hydrogen (secondary N) is 1. The van der Waals surface area contributed by atoms with E-state index in [4.69, 9.17) is 0 Å². The van der Waals surface area contributed by atoms with E-state index in [1.807, 2.05) is 18.7 Å². The molecule has 1 aromatic heterocycles. The Hall–Kier alpha value is -1.61. The van der Waals surface area contributed by atoms with Gasteiger partial charge in [0.15, 0.2) is 0 Å². The maximum Gasteiger partial charge on any atom is 0.0946 e. The number of aromatic nitrogens is 2. The van der Waals surface area contributed by atoms with Crippen molar-refractivity contribution in [2.75, 3.05) is 6.54 Å². The molecule has 3 nitrogen and oxygen atoms in total. The van der Waals surface area contributed by atoms with Crippen molar-refractivity contribution in [3.05, 3.63) is 54.1 Å². The van der Waals surface area contributed by atoms with Crippen LogP contribution in [0.4, 0.5) is 0 Å². The predicted molar refractivity (Wildman–Crippen MR) is 88.2 cm³/mol. The second-order valence-electron chi connectivity index (χ2n) is 6.94. The smallest absolute Gasteiger partial charge is 0.0946 e. The van der Waals surface area contributed by atoms with E-state index in [-0.39, 0.29) is 5.41 Å². The summed E-state index contributed by atoms with van der Waals surface area (Å²) in [7, 11) is 0. The quantitative estimate of drug-likeness (QED) is 0.878. The normalized spacial score (nSPS) is 13.3. The van der Waals surface area contributed by atoms with Crippen LogP contribution in [-0.4, -0.2) is 16.1 Å². The lowest BCUT2D eigenvalue weighted by atomic mass is 9.87. The number of benzene rings is 1. The molecule has 114 valence electrons. The molecule has 0 amide bonds. The molecule has 0 saturated carbocycles. The van der Waals surface area contributed by atoms with Crippen molar-refractivity contribution in [3.8, 4) is 0 Å². The molecular formula is C18H27N3. The standard InChI is InChI=1S/C18H27N3/c1-15(13-21-10-9-19-14-21)11-20-12-16-5-7-17(8-6-16)18(2,3)4/h5-10,14-15,20H,11-13H2,1-4H3. The molecule has 3 heteroatoms. The van der Waals surface area contributed by atoms with Gasteiger partial charge in [-0.05, 0) is 29.0 Å². The van der Waals surface area contributed by atoms with Gasteiger partial charge in [0, 0.05) is 25.5 Å². The Labute approximate surface area is 128 Å². The minimum Gasteiger partial charge on any atom is -0.337 e. The summed E-state index contributed by atoms with van der Waals surface area (Å²) in [5.41, 5.74) is 2.96. The molecular weight excluding hydrogens is 258 g/mol. The molecule has 1 atom stereocenters. The first-order valence-electron chi connectivity index (χ1n) is 7.71. The molecule has 0 aliphatic heterocycles. The average Bonchev–Trinajstić information content (AvgIpc) is 2.91. The van der Waals surface area contributed by atoms with Crippen LogP contribution in [-0.2, 0) is 18.5 Å². The van der Waals surface area contributed by atoms with E-state index in [9.17, 15) is 0 Å². The highest BCUT2D eigenvalue weighted by molar-refractivity contribution is 5.27. The van der Waals surface area contributed by atoms with Gasteiger partial charge in [-0.3, -0.25) is 0 Å². The lowest BCUT2D eigenvalue weighted by molar-refractivity contribution is 0.445. The fraction of sp³-hybridized carbons (Fsp3) is 0.500. The Morgan fingerprint density at radius 2 is 1.90 bits per heavy atom. The first-order valence-corrected chi connectivity index (χ1v) is 7.71. The van der Waals surface area contributed by atoms with Gasteiger partial charge in [0.2, 0.25) is 0 Å². The van der Waals surface area contributed by atoms with E-state index in [0.29, 0.717) is 5.92 Å². The number of rotatable bonds is 6. The van der Waals surface area contributed by atoms with E-state index in [2.05, 4.69) is 66.8 Å². The zero-order valence-electron chi connectivity index (χ0n) is 13.6.